The molecule has 0 bridgehead atoms. The maximum Gasteiger partial charge on any atom is 0.270 e. The molecule has 144 valence electrons. The largest absolute Gasteiger partial charge is 0.493 e. The van der Waals surface area contributed by atoms with Crippen molar-refractivity contribution in [2.75, 3.05) is 19.5 Å². The highest BCUT2D eigenvalue weighted by Crippen LogP contribution is 2.30. The van der Waals surface area contributed by atoms with E-state index in [1.165, 1.54) is 19.2 Å². The fraction of sp³-hybridized carbons (Fsp3) is 0.167. The smallest absolute Gasteiger partial charge is 0.270 e. The maximum absolute atomic E-state index is 12.3. The van der Waals surface area contributed by atoms with Gasteiger partial charge in [0.15, 0.2) is 11.5 Å². The van der Waals surface area contributed by atoms with Crippen LogP contribution in [0, 0.1) is 10.1 Å². The van der Waals surface area contributed by atoms with Crippen LogP contribution in [0.2, 0.25) is 0 Å². The van der Waals surface area contributed by atoms with E-state index in [1.54, 1.807) is 37.4 Å². The molecule has 0 aliphatic carbocycles. The highest BCUT2D eigenvalue weighted by Gasteiger charge is 2.14. The van der Waals surface area contributed by atoms with Crippen LogP contribution in [0.3, 0.4) is 0 Å². The van der Waals surface area contributed by atoms with Gasteiger partial charge >= 0.3 is 0 Å². The molecule has 0 aliphatic heterocycles. The monoisotopic (exact) mass is 400 g/mol. The molecular weight excluding hydrogens is 384 g/mol. The Bertz CT molecular complexity index is 1020. The summed E-state index contributed by atoms with van der Waals surface area (Å²) in [6.07, 6.45) is 0.117. The number of nitro groups is 1. The van der Waals surface area contributed by atoms with Crippen molar-refractivity contribution in [1.82, 2.24) is 10.2 Å². The summed E-state index contributed by atoms with van der Waals surface area (Å²) in [5.41, 5.74) is 1.28. The number of aromatic nitrogens is 2. The van der Waals surface area contributed by atoms with Gasteiger partial charge in [-0.25, -0.2) is 0 Å². The summed E-state index contributed by atoms with van der Waals surface area (Å²) in [6.45, 7) is 0. The number of nitro benzene ring substituents is 1. The van der Waals surface area contributed by atoms with Gasteiger partial charge < -0.3 is 14.8 Å². The van der Waals surface area contributed by atoms with Gasteiger partial charge in [-0.05, 0) is 17.7 Å². The number of methoxy groups -OCH3 is 2. The lowest BCUT2D eigenvalue weighted by Gasteiger charge is -2.09. The van der Waals surface area contributed by atoms with Crippen molar-refractivity contribution in [3.63, 3.8) is 0 Å². The van der Waals surface area contributed by atoms with Gasteiger partial charge in [0, 0.05) is 17.7 Å². The first kappa shape index (κ1) is 19.2. The number of amides is 1. The first-order valence-electron chi connectivity index (χ1n) is 8.09. The number of hydrogen-bond donors (Lipinski definition) is 1. The Kier molecular flexibility index (Phi) is 5.80. The zero-order chi connectivity index (χ0) is 20.1. The van der Waals surface area contributed by atoms with Gasteiger partial charge in [-0.1, -0.05) is 29.5 Å². The van der Waals surface area contributed by atoms with Gasteiger partial charge in [-0.15, -0.1) is 10.2 Å². The number of carbonyl (C=O) groups excluding carboxylic acids is 1. The third kappa shape index (κ3) is 4.41. The molecule has 3 aromatic rings. The van der Waals surface area contributed by atoms with E-state index in [0.29, 0.717) is 27.2 Å². The second-order valence-corrected chi connectivity index (χ2v) is 6.61. The average molecular weight is 400 g/mol. The highest BCUT2D eigenvalue weighted by molar-refractivity contribution is 7.18. The molecule has 0 fully saturated rings. The maximum atomic E-state index is 12.3. The Hall–Kier alpha value is -3.53. The second kappa shape index (κ2) is 8.44. The molecule has 1 heterocycles. The minimum Gasteiger partial charge on any atom is -0.493 e. The van der Waals surface area contributed by atoms with Crippen molar-refractivity contribution in [1.29, 1.82) is 0 Å². The average Bonchev–Trinajstić information content (AvgIpc) is 3.16. The molecule has 1 amide bonds. The van der Waals surface area contributed by atoms with Crippen LogP contribution in [0.1, 0.15) is 5.56 Å². The standard InChI is InChI=1S/C18H16N4O5S/c1-26-14-7-6-11(8-15(14)27-2)9-16(23)19-18-21-20-17(28-18)12-4-3-5-13(10-12)22(24)25/h3-8,10H,9H2,1-2H3,(H,19,21,23). The number of anilines is 1. The summed E-state index contributed by atoms with van der Waals surface area (Å²) < 4.78 is 10.4. The lowest BCUT2D eigenvalue weighted by atomic mass is 10.1. The summed E-state index contributed by atoms with van der Waals surface area (Å²) in [4.78, 5) is 22.7. The third-order valence-electron chi connectivity index (χ3n) is 3.79. The van der Waals surface area contributed by atoms with Gasteiger partial charge in [0.1, 0.15) is 5.01 Å². The van der Waals surface area contributed by atoms with E-state index in [0.717, 1.165) is 16.9 Å². The molecule has 28 heavy (non-hydrogen) atoms. The van der Waals surface area contributed by atoms with Crippen molar-refractivity contribution < 1.29 is 19.2 Å². The first-order chi connectivity index (χ1) is 13.5. The quantitative estimate of drug-likeness (QED) is 0.478. The van der Waals surface area contributed by atoms with E-state index in [2.05, 4.69) is 15.5 Å². The summed E-state index contributed by atoms with van der Waals surface area (Å²) in [5.74, 6) is 0.850. The van der Waals surface area contributed by atoms with Crippen molar-refractivity contribution in [2.24, 2.45) is 0 Å². The molecule has 3 rings (SSSR count). The van der Waals surface area contributed by atoms with Crippen LogP contribution in [-0.4, -0.2) is 35.2 Å². The molecule has 2 aromatic carbocycles. The fourth-order valence-electron chi connectivity index (χ4n) is 2.48. The normalized spacial score (nSPS) is 10.4. The van der Waals surface area contributed by atoms with E-state index < -0.39 is 4.92 Å². The molecule has 0 atom stereocenters. The van der Waals surface area contributed by atoms with E-state index >= 15 is 0 Å². The third-order valence-corrected chi connectivity index (χ3v) is 4.68. The molecule has 1 N–H and O–H groups in total. The summed E-state index contributed by atoms with van der Waals surface area (Å²) >= 11 is 1.14. The van der Waals surface area contributed by atoms with Crippen LogP contribution < -0.4 is 14.8 Å². The van der Waals surface area contributed by atoms with E-state index in [-0.39, 0.29) is 18.0 Å². The van der Waals surface area contributed by atoms with Gasteiger partial charge in [0.25, 0.3) is 5.69 Å². The van der Waals surface area contributed by atoms with Crippen LogP contribution in [0.25, 0.3) is 10.6 Å². The number of rotatable bonds is 7. The van der Waals surface area contributed by atoms with Crippen LogP contribution >= 0.6 is 11.3 Å². The number of non-ortho nitro benzene ring substituents is 1. The lowest BCUT2D eigenvalue weighted by molar-refractivity contribution is -0.384. The molecule has 0 unspecified atom stereocenters. The molecule has 9 nitrogen and oxygen atoms in total. The molecule has 10 heteroatoms. The van der Waals surface area contributed by atoms with Gasteiger partial charge in [-0.3, -0.25) is 14.9 Å². The van der Waals surface area contributed by atoms with Crippen molar-refractivity contribution in [3.05, 3.63) is 58.1 Å². The van der Waals surface area contributed by atoms with Crippen molar-refractivity contribution in [3.8, 4) is 22.1 Å². The Morgan fingerprint density at radius 2 is 1.93 bits per heavy atom. The Morgan fingerprint density at radius 3 is 2.64 bits per heavy atom. The minimum absolute atomic E-state index is 0.0354. The number of nitrogens with zero attached hydrogens (tertiary/aromatic N) is 3. The Morgan fingerprint density at radius 1 is 1.14 bits per heavy atom. The van der Waals surface area contributed by atoms with E-state index in [1.807, 2.05) is 0 Å². The zero-order valence-electron chi connectivity index (χ0n) is 15.0. The van der Waals surface area contributed by atoms with Gasteiger partial charge in [-0.2, -0.15) is 0 Å². The zero-order valence-corrected chi connectivity index (χ0v) is 15.9. The fourth-order valence-corrected chi connectivity index (χ4v) is 3.24. The van der Waals surface area contributed by atoms with Gasteiger partial charge in [0.2, 0.25) is 11.0 Å². The highest BCUT2D eigenvalue weighted by atomic mass is 32.1. The summed E-state index contributed by atoms with van der Waals surface area (Å²) in [5, 5.41) is 22.3. The van der Waals surface area contributed by atoms with Crippen LogP contribution in [0.5, 0.6) is 11.5 Å². The van der Waals surface area contributed by atoms with Crippen molar-refractivity contribution in [2.45, 2.75) is 6.42 Å². The predicted octanol–water partition coefficient (Wildman–Crippen LogP) is 3.31. The van der Waals surface area contributed by atoms with Gasteiger partial charge in [0.05, 0.1) is 25.6 Å². The topological polar surface area (TPSA) is 116 Å². The summed E-state index contributed by atoms with van der Waals surface area (Å²) in [6, 6.07) is 11.3. The molecule has 0 spiro atoms. The van der Waals surface area contributed by atoms with Crippen LogP contribution in [-0.2, 0) is 11.2 Å². The number of hydrogen-bond acceptors (Lipinski definition) is 8. The number of benzene rings is 2. The number of ether oxygens (including phenoxy) is 2. The molecular formula is C18H16N4O5S. The Labute approximate surface area is 164 Å². The number of carbonyl (C=O) groups is 1. The minimum atomic E-state index is -0.476. The van der Waals surface area contributed by atoms with Crippen LogP contribution in [0.4, 0.5) is 10.8 Å². The molecule has 1 aromatic heterocycles. The second-order valence-electron chi connectivity index (χ2n) is 5.63. The van der Waals surface area contributed by atoms with Crippen molar-refractivity contribution >= 4 is 28.1 Å². The lowest BCUT2D eigenvalue weighted by Crippen LogP contribution is -2.14. The SMILES string of the molecule is COc1ccc(CC(=O)Nc2nnc(-c3cccc([N+](=O)[O-])c3)s2)cc1OC. The number of nitrogens with one attached hydrogen (secondary N) is 1. The molecule has 0 saturated heterocycles. The molecule has 0 saturated carbocycles. The molecule has 0 radical (unpaired) electrons. The Balaban J connectivity index is 1.69. The van der Waals surface area contributed by atoms with E-state index in [4.69, 9.17) is 9.47 Å². The first-order valence-corrected chi connectivity index (χ1v) is 8.91. The summed E-state index contributed by atoms with van der Waals surface area (Å²) in [7, 11) is 3.07. The van der Waals surface area contributed by atoms with E-state index in [9.17, 15) is 14.9 Å². The molecule has 0 aliphatic rings. The predicted molar refractivity (Wildman–Crippen MR) is 104 cm³/mol. The van der Waals surface area contributed by atoms with Crippen LogP contribution in [0.15, 0.2) is 42.5 Å².